The first kappa shape index (κ1) is 15.7. The number of hydrogen-bond donors (Lipinski definition) is 1. The van der Waals surface area contributed by atoms with Gasteiger partial charge >= 0.3 is 0 Å². The molecule has 0 saturated carbocycles. The third-order valence-electron chi connectivity index (χ3n) is 2.96. The smallest absolute Gasteiger partial charge is 0.255 e. The summed E-state index contributed by atoms with van der Waals surface area (Å²) in [5, 5.41) is 2.78. The van der Waals surface area contributed by atoms with Gasteiger partial charge in [0.05, 0.1) is 4.90 Å². The van der Waals surface area contributed by atoms with E-state index >= 15 is 0 Å². The van der Waals surface area contributed by atoms with Crippen LogP contribution in [0.3, 0.4) is 0 Å². The Labute approximate surface area is 132 Å². The summed E-state index contributed by atoms with van der Waals surface area (Å²) < 4.78 is 23.7. The normalized spacial score (nSPS) is 11.2. The van der Waals surface area contributed by atoms with Crippen molar-refractivity contribution < 1.29 is 13.2 Å². The molecule has 1 N–H and O–H groups in total. The van der Waals surface area contributed by atoms with Gasteiger partial charge < -0.3 is 5.32 Å². The maximum atomic E-state index is 12.1. The van der Waals surface area contributed by atoms with E-state index in [1.54, 1.807) is 6.07 Å². The Morgan fingerprint density at radius 3 is 2.24 bits per heavy atom. The number of anilines is 1. The topological polar surface area (TPSA) is 63.2 Å². The molecule has 0 aliphatic carbocycles. The fourth-order valence-corrected chi connectivity index (χ4v) is 2.66. The maximum Gasteiger partial charge on any atom is 0.255 e. The van der Waals surface area contributed by atoms with Crippen LogP contribution in [0.5, 0.6) is 0 Å². The number of rotatable bonds is 3. The quantitative estimate of drug-likeness (QED) is 0.903. The first-order chi connectivity index (χ1) is 9.77. The first-order valence-corrected chi connectivity index (χ1v) is 8.83. The van der Waals surface area contributed by atoms with Crippen molar-refractivity contribution in [1.82, 2.24) is 0 Å². The molecule has 0 atom stereocenters. The van der Waals surface area contributed by atoms with E-state index in [-0.39, 0.29) is 10.8 Å². The molecule has 0 radical (unpaired) electrons. The fraction of sp³-hybridized carbons (Fsp3) is 0.133. The van der Waals surface area contributed by atoms with Crippen molar-refractivity contribution in [2.24, 2.45) is 0 Å². The molecule has 0 fully saturated rings. The van der Waals surface area contributed by atoms with Gasteiger partial charge in [-0.05, 0) is 55.0 Å². The average molecular weight is 368 g/mol. The van der Waals surface area contributed by atoms with Crippen LogP contribution >= 0.6 is 15.9 Å². The number of hydrogen-bond acceptors (Lipinski definition) is 3. The van der Waals surface area contributed by atoms with Crippen molar-refractivity contribution in [3.63, 3.8) is 0 Å². The zero-order chi connectivity index (χ0) is 15.6. The van der Waals surface area contributed by atoms with Gasteiger partial charge in [0.1, 0.15) is 0 Å². The van der Waals surface area contributed by atoms with Crippen LogP contribution in [-0.2, 0) is 9.84 Å². The summed E-state index contributed by atoms with van der Waals surface area (Å²) in [6.07, 6.45) is 1.13. The highest BCUT2D eigenvalue weighted by molar-refractivity contribution is 9.10. The van der Waals surface area contributed by atoms with Gasteiger partial charge in [0.15, 0.2) is 9.84 Å². The molecule has 0 heterocycles. The van der Waals surface area contributed by atoms with Crippen LogP contribution in [0.25, 0.3) is 0 Å². The number of halogens is 1. The molecule has 110 valence electrons. The molecule has 2 aromatic rings. The Kier molecular flexibility index (Phi) is 4.49. The van der Waals surface area contributed by atoms with Crippen molar-refractivity contribution in [3.05, 3.63) is 58.1 Å². The highest BCUT2D eigenvalue weighted by atomic mass is 79.9. The van der Waals surface area contributed by atoms with Gasteiger partial charge in [-0.15, -0.1) is 0 Å². The van der Waals surface area contributed by atoms with Gasteiger partial charge in [0, 0.05) is 22.0 Å². The van der Waals surface area contributed by atoms with Crippen molar-refractivity contribution in [2.45, 2.75) is 11.8 Å². The summed E-state index contributed by atoms with van der Waals surface area (Å²) in [7, 11) is -3.25. The zero-order valence-electron chi connectivity index (χ0n) is 11.6. The Morgan fingerprint density at radius 2 is 1.71 bits per heavy atom. The molecule has 21 heavy (non-hydrogen) atoms. The third kappa shape index (κ3) is 3.92. The van der Waals surface area contributed by atoms with E-state index in [0.717, 1.165) is 16.3 Å². The summed E-state index contributed by atoms with van der Waals surface area (Å²) in [4.78, 5) is 12.3. The van der Waals surface area contributed by atoms with Crippen LogP contribution in [0.4, 0.5) is 5.69 Å². The Balaban J connectivity index is 2.18. The third-order valence-corrected chi connectivity index (χ3v) is 4.98. The number of nitrogens with one attached hydrogen (secondary N) is 1. The standard InChI is InChI=1S/C15H14BrNO3S/c1-10-9-12(5-8-14(10)16)17-15(18)11-3-6-13(7-4-11)21(2,19)20/h3-9H,1-2H3,(H,17,18). The molecular weight excluding hydrogens is 354 g/mol. The van der Waals surface area contributed by atoms with Gasteiger partial charge in [-0.1, -0.05) is 15.9 Å². The number of amides is 1. The van der Waals surface area contributed by atoms with E-state index in [4.69, 9.17) is 0 Å². The minimum atomic E-state index is -3.25. The zero-order valence-corrected chi connectivity index (χ0v) is 14.0. The van der Waals surface area contributed by atoms with Crippen molar-refractivity contribution in [1.29, 1.82) is 0 Å². The van der Waals surface area contributed by atoms with E-state index in [0.29, 0.717) is 11.3 Å². The maximum absolute atomic E-state index is 12.1. The van der Waals surface area contributed by atoms with E-state index < -0.39 is 9.84 Å². The summed E-state index contributed by atoms with van der Waals surface area (Å²) in [6.45, 7) is 1.93. The summed E-state index contributed by atoms with van der Waals surface area (Å²) in [5.74, 6) is -0.281. The average Bonchev–Trinajstić information content (AvgIpc) is 2.42. The number of carbonyl (C=O) groups excluding carboxylic acids is 1. The monoisotopic (exact) mass is 367 g/mol. The van der Waals surface area contributed by atoms with Crippen LogP contribution in [-0.4, -0.2) is 20.6 Å². The second-order valence-corrected chi connectivity index (χ2v) is 7.58. The van der Waals surface area contributed by atoms with Gasteiger partial charge in [0.2, 0.25) is 0 Å². The Morgan fingerprint density at radius 1 is 1.10 bits per heavy atom. The van der Waals surface area contributed by atoms with Gasteiger partial charge in [0.25, 0.3) is 5.91 Å². The highest BCUT2D eigenvalue weighted by Crippen LogP contribution is 2.20. The Hall–Kier alpha value is -1.66. The van der Waals surface area contributed by atoms with Crippen molar-refractivity contribution >= 4 is 37.4 Å². The predicted octanol–water partition coefficient (Wildman–Crippen LogP) is 3.41. The fourth-order valence-electron chi connectivity index (χ4n) is 1.78. The lowest BCUT2D eigenvalue weighted by Crippen LogP contribution is -2.12. The molecule has 0 aromatic heterocycles. The molecule has 0 saturated heterocycles. The molecule has 0 aliphatic heterocycles. The van der Waals surface area contributed by atoms with E-state index in [1.807, 2.05) is 19.1 Å². The second-order valence-electron chi connectivity index (χ2n) is 4.71. The Bertz CT molecular complexity index is 783. The molecule has 0 bridgehead atoms. The summed E-state index contributed by atoms with van der Waals surface area (Å²) in [5.41, 5.74) is 2.11. The summed E-state index contributed by atoms with van der Waals surface area (Å²) >= 11 is 3.40. The van der Waals surface area contributed by atoms with Gasteiger partial charge in [-0.25, -0.2) is 8.42 Å². The van der Waals surface area contributed by atoms with Crippen LogP contribution in [0.15, 0.2) is 51.8 Å². The minimum Gasteiger partial charge on any atom is -0.322 e. The molecular formula is C15H14BrNO3S. The van der Waals surface area contributed by atoms with Crippen LogP contribution < -0.4 is 5.32 Å². The van der Waals surface area contributed by atoms with Crippen molar-refractivity contribution in [2.75, 3.05) is 11.6 Å². The van der Waals surface area contributed by atoms with E-state index in [2.05, 4.69) is 21.2 Å². The number of aryl methyl sites for hydroxylation is 1. The molecule has 6 heteroatoms. The number of carbonyl (C=O) groups is 1. The molecule has 0 aliphatic rings. The lowest BCUT2D eigenvalue weighted by molar-refractivity contribution is 0.102. The summed E-state index contributed by atoms with van der Waals surface area (Å²) in [6, 6.07) is 11.4. The van der Waals surface area contributed by atoms with Crippen LogP contribution in [0.1, 0.15) is 15.9 Å². The molecule has 4 nitrogen and oxygen atoms in total. The lowest BCUT2D eigenvalue weighted by Gasteiger charge is -2.07. The molecule has 2 rings (SSSR count). The van der Waals surface area contributed by atoms with Gasteiger partial charge in [-0.2, -0.15) is 0 Å². The predicted molar refractivity (Wildman–Crippen MR) is 86.4 cm³/mol. The molecule has 0 spiro atoms. The van der Waals surface area contributed by atoms with Crippen molar-refractivity contribution in [3.8, 4) is 0 Å². The largest absolute Gasteiger partial charge is 0.322 e. The van der Waals surface area contributed by atoms with Gasteiger partial charge in [-0.3, -0.25) is 4.79 Å². The van der Waals surface area contributed by atoms with Crippen LogP contribution in [0, 0.1) is 6.92 Å². The lowest BCUT2D eigenvalue weighted by atomic mass is 10.2. The van der Waals surface area contributed by atoms with E-state index in [1.165, 1.54) is 24.3 Å². The number of benzene rings is 2. The molecule has 0 unspecified atom stereocenters. The molecule has 1 amide bonds. The first-order valence-electron chi connectivity index (χ1n) is 6.15. The second kappa shape index (κ2) is 5.99. The minimum absolute atomic E-state index is 0.193. The van der Waals surface area contributed by atoms with Crippen LogP contribution in [0.2, 0.25) is 0 Å². The van der Waals surface area contributed by atoms with E-state index in [9.17, 15) is 13.2 Å². The SMILES string of the molecule is Cc1cc(NC(=O)c2ccc(S(C)(=O)=O)cc2)ccc1Br. The number of sulfone groups is 1. The highest BCUT2D eigenvalue weighted by Gasteiger charge is 2.10. The molecule has 2 aromatic carbocycles.